The number of rotatable bonds is 1. The van der Waals surface area contributed by atoms with Gasteiger partial charge in [0.1, 0.15) is 0 Å². The summed E-state index contributed by atoms with van der Waals surface area (Å²) >= 11 is 0. The fraction of sp³-hybridized carbons (Fsp3) is 0.909. The number of carbonyl (C=O) groups is 1. The lowest BCUT2D eigenvalue weighted by molar-refractivity contribution is -0.119. The normalized spacial score (nSPS) is 45.8. The Morgan fingerprint density at radius 2 is 1.87 bits per heavy atom. The van der Waals surface area contributed by atoms with Gasteiger partial charge >= 0.3 is 0 Å². The van der Waals surface area contributed by atoms with Crippen molar-refractivity contribution in [1.82, 2.24) is 10.2 Å². The van der Waals surface area contributed by atoms with E-state index in [9.17, 15) is 4.79 Å². The van der Waals surface area contributed by atoms with Gasteiger partial charge in [0.25, 0.3) is 0 Å². The van der Waals surface area contributed by atoms with Crippen LogP contribution < -0.4 is 11.1 Å². The first-order valence-corrected chi connectivity index (χ1v) is 6.04. The Morgan fingerprint density at radius 1 is 1.20 bits per heavy atom. The van der Waals surface area contributed by atoms with Gasteiger partial charge in [-0.1, -0.05) is 0 Å². The van der Waals surface area contributed by atoms with Gasteiger partial charge < -0.3 is 11.1 Å². The van der Waals surface area contributed by atoms with Crippen molar-refractivity contribution in [1.29, 1.82) is 0 Å². The van der Waals surface area contributed by atoms with Gasteiger partial charge in [0, 0.05) is 37.1 Å². The quantitative estimate of drug-likeness (QED) is 0.630. The summed E-state index contributed by atoms with van der Waals surface area (Å²) in [7, 11) is 0. The molecule has 0 aromatic heterocycles. The van der Waals surface area contributed by atoms with Crippen LogP contribution in [0.15, 0.2) is 0 Å². The standard InChI is InChI=1S/C11H19N3O/c12-7-3-8-1-2-9(4-7)14(8)10-5-11(15)13-6-10/h7-10H,1-6,12H2,(H,13,15). The minimum absolute atomic E-state index is 0.217. The lowest BCUT2D eigenvalue weighted by atomic mass is 9.96. The summed E-state index contributed by atoms with van der Waals surface area (Å²) in [4.78, 5) is 13.8. The maximum absolute atomic E-state index is 11.2. The van der Waals surface area contributed by atoms with Crippen LogP contribution in [0.5, 0.6) is 0 Å². The van der Waals surface area contributed by atoms with E-state index in [1.165, 1.54) is 12.8 Å². The summed E-state index contributed by atoms with van der Waals surface area (Å²) < 4.78 is 0. The number of piperidine rings is 1. The molecule has 15 heavy (non-hydrogen) atoms. The molecule has 3 aliphatic heterocycles. The van der Waals surface area contributed by atoms with Crippen LogP contribution in [-0.2, 0) is 4.79 Å². The first-order chi connectivity index (χ1) is 7.24. The third-order valence-electron chi connectivity index (χ3n) is 4.20. The molecule has 3 rings (SSSR count). The summed E-state index contributed by atoms with van der Waals surface area (Å²) in [6.07, 6.45) is 5.51. The van der Waals surface area contributed by atoms with Gasteiger partial charge in [-0.2, -0.15) is 0 Å². The molecule has 0 saturated carbocycles. The fourth-order valence-electron chi connectivity index (χ4n) is 3.65. The van der Waals surface area contributed by atoms with Gasteiger partial charge in [-0.05, 0) is 25.7 Å². The van der Waals surface area contributed by atoms with Crippen LogP contribution in [0.2, 0.25) is 0 Å². The highest BCUT2D eigenvalue weighted by Gasteiger charge is 2.44. The van der Waals surface area contributed by atoms with E-state index >= 15 is 0 Å². The minimum Gasteiger partial charge on any atom is -0.354 e. The highest BCUT2D eigenvalue weighted by atomic mass is 16.1. The second-order valence-corrected chi connectivity index (χ2v) is 5.23. The summed E-state index contributed by atoms with van der Waals surface area (Å²) in [5.41, 5.74) is 6.03. The van der Waals surface area contributed by atoms with E-state index in [1.54, 1.807) is 0 Å². The lowest BCUT2D eigenvalue weighted by Gasteiger charge is -2.40. The smallest absolute Gasteiger partial charge is 0.221 e. The van der Waals surface area contributed by atoms with Crippen LogP contribution in [0.3, 0.4) is 0 Å². The van der Waals surface area contributed by atoms with Gasteiger partial charge in [-0.25, -0.2) is 0 Å². The first-order valence-electron chi connectivity index (χ1n) is 6.04. The zero-order valence-corrected chi connectivity index (χ0v) is 8.98. The van der Waals surface area contributed by atoms with Crippen LogP contribution in [-0.4, -0.2) is 41.5 Å². The first kappa shape index (κ1) is 9.60. The molecule has 0 aromatic rings. The second-order valence-electron chi connectivity index (χ2n) is 5.23. The number of carbonyl (C=O) groups excluding carboxylic acids is 1. The molecule has 1 amide bonds. The van der Waals surface area contributed by atoms with Crippen LogP contribution in [0.1, 0.15) is 32.1 Å². The van der Waals surface area contributed by atoms with Gasteiger partial charge in [-0.3, -0.25) is 9.69 Å². The molecule has 4 heteroatoms. The Bertz CT molecular complexity index is 267. The zero-order valence-electron chi connectivity index (χ0n) is 8.98. The molecule has 3 unspecified atom stereocenters. The highest BCUT2D eigenvalue weighted by molar-refractivity contribution is 5.78. The molecule has 0 aromatic carbocycles. The topological polar surface area (TPSA) is 58.4 Å². The third-order valence-corrected chi connectivity index (χ3v) is 4.20. The molecular formula is C11H19N3O. The van der Waals surface area contributed by atoms with E-state index in [-0.39, 0.29) is 5.91 Å². The number of nitrogens with zero attached hydrogens (tertiary/aromatic N) is 1. The Morgan fingerprint density at radius 3 is 2.40 bits per heavy atom. The number of nitrogens with one attached hydrogen (secondary N) is 1. The average Bonchev–Trinajstić information content (AvgIpc) is 2.69. The summed E-state index contributed by atoms with van der Waals surface area (Å²) in [6.45, 7) is 0.848. The molecule has 0 spiro atoms. The molecule has 3 saturated heterocycles. The Hall–Kier alpha value is -0.610. The highest BCUT2D eigenvalue weighted by Crippen LogP contribution is 2.37. The van der Waals surface area contributed by atoms with Crippen molar-refractivity contribution in [3.63, 3.8) is 0 Å². The average molecular weight is 209 g/mol. The molecule has 0 aliphatic carbocycles. The molecule has 3 fully saturated rings. The van der Waals surface area contributed by atoms with Crippen molar-refractivity contribution >= 4 is 5.91 Å². The maximum Gasteiger partial charge on any atom is 0.221 e. The van der Waals surface area contributed by atoms with Crippen LogP contribution in [0.4, 0.5) is 0 Å². The van der Waals surface area contributed by atoms with Gasteiger partial charge in [-0.15, -0.1) is 0 Å². The minimum atomic E-state index is 0.217. The molecular weight excluding hydrogens is 190 g/mol. The van der Waals surface area contributed by atoms with Crippen molar-refractivity contribution in [3.8, 4) is 0 Å². The summed E-state index contributed by atoms with van der Waals surface area (Å²) in [5.74, 6) is 0.217. The van der Waals surface area contributed by atoms with E-state index in [4.69, 9.17) is 5.73 Å². The SMILES string of the molecule is NC1CC2CCC(C1)N2C1CNC(=O)C1. The maximum atomic E-state index is 11.2. The zero-order chi connectivity index (χ0) is 10.4. The fourth-order valence-corrected chi connectivity index (χ4v) is 3.65. The van der Waals surface area contributed by atoms with Crippen molar-refractivity contribution < 1.29 is 4.79 Å². The Labute approximate surface area is 90.2 Å². The predicted molar refractivity (Wildman–Crippen MR) is 57.3 cm³/mol. The third kappa shape index (κ3) is 1.56. The van der Waals surface area contributed by atoms with Crippen molar-refractivity contribution in [2.75, 3.05) is 6.54 Å². The molecule has 84 valence electrons. The Kier molecular flexibility index (Phi) is 2.21. The molecule has 3 aliphatic rings. The van der Waals surface area contributed by atoms with E-state index < -0.39 is 0 Å². The number of hydrogen-bond donors (Lipinski definition) is 2. The molecule has 3 atom stereocenters. The molecule has 3 heterocycles. The largest absolute Gasteiger partial charge is 0.354 e. The van der Waals surface area contributed by atoms with E-state index in [1.807, 2.05) is 0 Å². The lowest BCUT2D eigenvalue weighted by Crippen LogP contribution is -2.52. The molecule has 4 nitrogen and oxygen atoms in total. The van der Waals surface area contributed by atoms with Crippen LogP contribution in [0.25, 0.3) is 0 Å². The van der Waals surface area contributed by atoms with Crippen LogP contribution in [0, 0.1) is 0 Å². The second kappa shape index (κ2) is 3.46. The van der Waals surface area contributed by atoms with E-state index in [2.05, 4.69) is 10.2 Å². The Balaban J connectivity index is 1.74. The van der Waals surface area contributed by atoms with Crippen molar-refractivity contribution in [3.05, 3.63) is 0 Å². The number of amides is 1. The number of nitrogens with two attached hydrogens (primary N) is 1. The molecule has 0 radical (unpaired) electrons. The predicted octanol–water partition coefficient (Wildman–Crippen LogP) is -0.171. The van der Waals surface area contributed by atoms with E-state index in [0.717, 1.165) is 19.4 Å². The number of hydrogen-bond acceptors (Lipinski definition) is 3. The van der Waals surface area contributed by atoms with Crippen LogP contribution >= 0.6 is 0 Å². The monoisotopic (exact) mass is 209 g/mol. The summed E-state index contributed by atoms with van der Waals surface area (Å²) in [6, 6.07) is 2.14. The van der Waals surface area contributed by atoms with Gasteiger partial charge in [0.05, 0.1) is 0 Å². The molecule has 3 N–H and O–H groups in total. The number of fused-ring (bicyclic) bond motifs is 2. The van der Waals surface area contributed by atoms with Gasteiger partial charge in [0.2, 0.25) is 5.91 Å². The van der Waals surface area contributed by atoms with E-state index in [0.29, 0.717) is 30.6 Å². The van der Waals surface area contributed by atoms with Crippen molar-refractivity contribution in [2.24, 2.45) is 5.73 Å². The summed E-state index contributed by atoms with van der Waals surface area (Å²) in [5, 5.41) is 2.94. The molecule has 2 bridgehead atoms. The van der Waals surface area contributed by atoms with Gasteiger partial charge in [0.15, 0.2) is 0 Å². The van der Waals surface area contributed by atoms with Crippen molar-refractivity contribution in [2.45, 2.75) is 56.3 Å².